The summed E-state index contributed by atoms with van der Waals surface area (Å²) >= 11 is 0. The molecule has 2 saturated heterocycles. The number of halogens is 1. The van der Waals surface area contributed by atoms with Gasteiger partial charge in [0.2, 0.25) is 21.8 Å². The number of rotatable bonds is 13. The second-order valence-electron chi connectivity index (χ2n) is 11.7. The van der Waals surface area contributed by atoms with E-state index in [0.717, 1.165) is 48.9 Å². The molecule has 2 aromatic rings. The second kappa shape index (κ2) is 15.2. The maximum atomic E-state index is 14.5. The van der Waals surface area contributed by atoms with Crippen LogP contribution in [0.5, 0.6) is 0 Å². The fourth-order valence-electron chi connectivity index (χ4n) is 5.75. The Labute approximate surface area is 254 Å². The molecule has 236 valence electrons. The van der Waals surface area contributed by atoms with Crippen LogP contribution in [0.1, 0.15) is 54.4 Å². The Morgan fingerprint density at radius 1 is 1.14 bits per heavy atom. The summed E-state index contributed by atoms with van der Waals surface area (Å²) in [5, 5.41) is 6.24. The van der Waals surface area contributed by atoms with Crippen molar-refractivity contribution < 1.29 is 27.1 Å². The van der Waals surface area contributed by atoms with E-state index in [4.69, 9.17) is 10.5 Å². The molecular weight excluding hydrogens is 573 g/mol. The maximum absolute atomic E-state index is 14.5. The van der Waals surface area contributed by atoms with Gasteiger partial charge >= 0.3 is 0 Å². The minimum atomic E-state index is -3.70. The van der Waals surface area contributed by atoms with Crippen molar-refractivity contribution in [3.63, 3.8) is 0 Å². The molecule has 43 heavy (non-hydrogen) atoms. The number of likely N-dealkylation sites (tertiary alicyclic amines) is 1. The van der Waals surface area contributed by atoms with Gasteiger partial charge in [0, 0.05) is 31.6 Å². The molecule has 12 heteroatoms. The lowest BCUT2D eigenvalue weighted by atomic mass is 9.91. The summed E-state index contributed by atoms with van der Waals surface area (Å²) in [4.78, 5) is 28.9. The van der Waals surface area contributed by atoms with E-state index in [-0.39, 0.29) is 37.8 Å². The van der Waals surface area contributed by atoms with Crippen molar-refractivity contribution >= 4 is 21.8 Å². The molecule has 0 saturated carbocycles. The summed E-state index contributed by atoms with van der Waals surface area (Å²) in [7, 11) is -3.70. The number of nitrogens with one attached hydrogen (secondary N) is 3. The van der Waals surface area contributed by atoms with Crippen molar-refractivity contribution in [2.75, 3.05) is 25.9 Å². The quantitative estimate of drug-likeness (QED) is 0.270. The molecule has 2 aromatic carbocycles. The fourth-order valence-corrected chi connectivity index (χ4v) is 6.49. The molecule has 10 nitrogen and oxygen atoms in total. The van der Waals surface area contributed by atoms with Gasteiger partial charge in [0.15, 0.2) is 0 Å². The Bertz CT molecular complexity index is 1350. The van der Waals surface area contributed by atoms with Gasteiger partial charge in [0.05, 0.1) is 19.0 Å². The Balaban J connectivity index is 1.49. The fraction of sp³-hybridized carbons (Fsp3) is 0.548. The largest absolute Gasteiger partial charge is 0.371 e. The number of hydrogen-bond acceptors (Lipinski definition) is 7. The minimum Gasteiger partial charge on any atom is -0.371 e. The molecule has 0 radical (unpaired) electrons. The SMILES string of the molecule is Cc1ccc(CO[C@@H]2C[C@@H](C(=O)NCc3ccc(CN)cc3)N(C(=O)[C@@H](CCC3CCNCC3)NS(C)(=O)=O)C2)c(F)c1. The van der Waals surface area contributed by atoms with E-state index in [9.17, 15) is 22.4 Å². The van der Waals surface area contributed by atoms with Crippen molar-refractivity contribution in [2.45, 2.75) is 76.9 Å². The number of aryl methyl sites for hydroxylation is 1. The van der Waals surface area contributed by atoms with Gasteiger partial charge in [0.25, 0.3) is 0 Å². The molecule has 4 rings (SSSR count). The smallest absolute Gasteiger partial charge is 0.243 e. The van der Waals surface area contributed by atoms with Crippen LogP contribution >= 0.6 is 0 Å². The third-order valence-corrected chi connectivity index (χ3v) is 8.95. The van der Waals surface area contributed by atoms with E-state index in [0.29, 0.717) is 30.9 Å². The van der Waals surface area contributed by atoms with Crippen LogP contribution in [-0.2, 0) is 44.0 Å². The summed E-state index contributed by atoms with van der Waals surface area (Å²) in [6.07, 6.45) is 3.65. The third-order valence-electron chi connectivity index (χ3n) is 8.23. The lowest BCUT2D eigenvalue weighted by molar-refractivity contribution is -0.140. The van der Waals surface area contributed by atoms with Crippen LogP contribution in [-0.4, -0.2) is 69.2 Å². The normalized spacial score (nSPS) is 20.2. The van der Waals surface area contributed by atoms with Crippen molar-refractivity contribution in [3.05, 3.63) is 70.5 Å². The zero-order valence-electron chi connectivity index (χ0n) is 25.0. The number of carbonyl (C=O) groups excluding carboxylic acids is 2. The number of carbonyl (C=O) groups is 2. The number of nitrogens with zero attached hydrogens (tertiary/aromatic N) is 1. The maximum Gasteiger partial charge on any atom is 0.243 e. The van der Waals surface area contributed by atoms with E-state index in [1.807, 2.05) is 24.3 Å². The molecule has 0 bridgehead atoms. The molecule has 0 spiro atoms. The summed E-state index contributed by atoms with van der Waals surface area (Å²) in [5.74, 6) is -0.808. The number of amides is 2. The molecule has 0 unspecified atom stereocenters. The van der Waals surface area contributed by atoms with E-state index in [2.05, 4.69) is 15.4 Å². The van der Waals surface area contributed by atoms with E-state index < -0.39 is 34.1 Å². The van der Waals surface area contributed by atoms with Crippen molar-refractivity contribution in [1.82, 2.24) is 20.3 Å². The van der Waals surface area contributed by atoms with E-state index in [1.165, 1.54) is 11.0 Å². The third kappa shape index (κ3) is 9.80. The molecule has 2 heterocycles. The van der Waals surface area contributed by atoms with Crippen molar-refractivity contribution in [2.24, 2.45) is 11.7 Å². The highest BCUT2D eigenvalue weighted by Gasteiger charge is 2.42. The molecule has 2 amide bonds. The number of ether oxygens (including phenoxy) is 1. The zero-order chi connectivity index (χ0) is 31.0. The van der Waals surface area contributed by atoms with Crippen LogP contribution in [0.2, 0.25) is 0 Å². The van der Waals surface area contributed by atoms with Crippen molar-refractivity contribution in [3.8, 4) is 0 Å². The predicted molar refractivity (Wildman–Crippen MR) is 163 cm³/mol. The summed E-state index contributed by atoms with van der Waals surface area (Å²) in [6.45, 7) is 4.34. The van der Waals surface area contributed by atoms with Crippen LogP contribution in [0.4, 0.5) is 4.39 Å². The molecule has 2 fully saturated rings. The van der Waals surface area contributed by atoms with Gasteiger partial charge in [-0.05, 0) is 74.4 Å². The van der Waals surface area contributed by atoms with Gasteiger partial charge in [0.1, 0.15) is 17.9 Å². The standard InChI is InChI=1S/C31H44FN5O5S/c1-21-3-9-25(27(32)15-21)20-42-26-16-29(30(38)35-18-24-6-4-23(17-33)5-7-24)37(19-26)31(39)28(36-43(2,40)41)10-8-22-11-13-34-14-12-22/h3-7,9,15,22,26,28-29,34,36H,8,10-14,16-20,33H2,1-2H3,(H,35,38)/t26-,28-,29+/m1/s1. The number of benzene rings is 2. The molecule has 0 aromatic heterocycles. The van der Waals surface area contributed by atoms with Crippen molar-refractivity contribution in [1.29, 1.82) is 0 Å². The molecule has 0 aliphatic carbocycles. The van der Waals surface area contributed by atoms with Gasteiger partial charge in [-0.2, -0.15) is 0 Å². The molecule has 5 N–H and O–H groups in total. The summed E-state index contributed by atoms with van der Waals surface area (Å²) in [5.41, 5.74) is 8.71. The Morgan fingerprint density at radius 3 is 2.49 bits per heavy atom. The van der Waals surface area contributed by atoms with Crippen LogP contribution in [0.15, 0.2) is 42.5 Å². The minimum absolute atomic E-state index is 0.0125. The van der Waals surface area contributed by atoms with E-state index in [1.54, 1.807) is 19.1 Å². The number of hydrogen-bond donors (Lipinski definition) is 4. The molecule has 2 aliphatic heterocycles. The van der Waals surface area contributed by atoms with Crippen LogP contribution < -0.4 is 21.1 Å². The lowest BCUT2D eigenvalue weighted by Crippen LogP contribution is -2.53. The van der Waals surface area contributed by atoms with Crippen LogP contribution in [0, 0.1) is 18.7 Å². The molecular formula is C31H44FN5O5S. The number of piperidine rings is 1. The number of sulfonamides is 1. The van der Waals surface area contributed by atoms with E-state index >= 15 is 0 Å². The monoisotopic (exact) mass is 617 g/mol. The summed E-state index contributed by atoms with van der Waals surface area (Å²) < 4.78 is 47.5. The van der Waals surface area contributed by atoms with Gasteiger partial charge < -0.3 is 26.0 Å². The Hall–Kier alpha value is -2.90. The first-order valence-electron chi connectivity index (χ1n) is 14.9. The second-order valence-corrected chi connectivity index (χ2v) is 13.5. The lowest BCUT2D eigenvalue weighted by Gasteiger charge is -2.30. The average Bonchev–Trinajstić information content (AvgIpc) is 3.42. The highest BCUT2D eigenvalue weighted by atomic mass is 32.2. The summed E-state index contributed by atoms with van der Waals surface area (Å²) in [6, 6.07) is 10.6. The van der Waals surface area contributed by atoms with Gasteiger partial charge in [-0.25, -0.2) is 17.5 Å². The van der Waals surface area contributed by atoms with Gasteiger partial charge in [-0.1, -0.05) is 36.4 Å². The average molecular weight is 618 g/mol. The molecule has 3 atom stereocenters. The Morgan fingerprint density at radius 2 is 1.84 bits per heavy atom. The molecule has 2 aliphatic rings. The zero-order valence-corrected chi connectivity index (χ0v) is 25.8. The Kier molecular flexibility index (Phi) is 11.7. The van der Waals surface area contributed by atoms with Gasteiger partial charge in [-0.15, -0.1) is 0 Å². The van der Waals surface area contributed by atoms with Gasteiger partial charge in [-0.3, -0.25) is 9.59 Å². The highest BCUT2D eigenvalue weighted by Crippen LogP contribution is 2.26. The highest BCUT2D eigenvalue weighted by molar-refractivity contribution is 7.88. The number of nitrogens with two attached hydrogens (primary N) is 1. The topological polar surface area (TPSA) is 143 Å². The first-order chi connectivity index (χ1) is 20.5. The first kappa shape index (κ1) is 33.0. The van der Waals surface area contributed by atoms with Crippen LogP contribution in [0.3, 0.4) is 0 Å². The van der Waals surface area contributed by atoms with Crippen LogP contribution in [0.25, 0.3) is 0 Å². The first-order valence-corrected chi connectivity index (χ1v) is 16.8. The predicted octanol–water partition coefficient (Wildman–Crippen LogP) is 2.09.